The van der Waals surface area contributed by atoms with Crippen LogP contribution in [-0.4, -0.2) is 6.04 Å². The van der Waals surface area contributed by atoms with E-state index in [0.717, 1.165) is 5.92 Å². The molecule has 15 heavy (non-hydrogen) atoms. The molecule has 1 aliphatic carbocycles. The normalized spacial score (nSPS) is 27.3. The number of hydrogen-bond donors (Lipinski definition) is 1. The third-order valence-electron chi connectivity index (χ3n) is 3.64. The van der Waals surface area contributed by atoms with Gasteiger partial charge in [-0.15, -0.1) is 0 Å². The van der Waals surface area contributed by atoms with E-state index < -0.39 is 0 Å². The van der Waals surface area contributed by atoms with Crippen molar-refractivity contribution in [1.82, 2.24) is 0 Å². The fourth-order valence-corrected chi connectivity index (χ4v) is 2.69. The summed E-state index contributed by atoms with van der Waals surface area (Å²) in [6.45, 7) is 2.22. The van der Waals surface area contributed by atoms with Gasteiger partial charge in [-0.3, -0.25) is 0 Å². The first kappa shape index (κ1) is 10.7. The topological polar surface area (TPSA) is 26.0 Å². The van der Waals surface area contributed by atoms with Gasteiger partial charge >= 0.3 is 0 Å². The molecule has 0 aromatic heterocycles. The van der Waals surface area contributed by atoms with Gasteiger partial charge in [-0.25, -0.2) is 0 Å². The molecule has 0 amide bonds. The predicted molar refractivity (Wildman–Crippen MR) is 65.0 cm³/mol. The zero-order chi connectivity index (χ0) is 10.7. The molecule has 0 spiro atoms. The molecule has 2 rings (SSSR count). The average molecular weight is 203 g/mol. The molecule has 0 radical (unpaired) electrons. The van der Waals surface area contributed by atoms with E-state index in [1.807, 2.05) is 0 Å². The predicted octanol–water partition coefficient (Wildman–Crippen LogP) is 3.37. The van der Waals surface area contributed by atoms with Gasteiger partial charge in [0.25, 0.3) is 0 Å². The second-order valence-electron chi connectivity index (χ2n) is 4.82. The molecule has 0 bridgehead atoms. The zero-order valence-electron chi connectivity index (χ0n) is 9.58. The van der Waals surface area contributed by atoms with E-state index in [4.69, 9.17) is 5.73 Å². The van der Waals surface area contributed by atoms with Gasteiger partial charge < -0.3 is 5.73 Å². The molecule has 1 aromatic carbocycles. The summed E-state index contributed by atoms with van der Waals surface area (Å²) >= 11 is 0. The number of aryl methyl sites for hydroxylation is 1. The molecule has 2 atom stereocenters. The van der Waals surface area contributed by atoms with Crippen molar-refractivity contribution < 1.29 is 0 Å². The largest absolute Gasteiger partial charge is 0.328 e. The fraction of sp³-hybridized carbons (Fsp3) is 0.571. The van der Waals surface area contributed by atoms with E-state index in [-0.39, 0.29) is 0 Å². The lowest BCUT2D eigenvalue weighted by Crippen LogP contribution is -2.17. The Bertz CT molecular complexity index is 319. The molecule has 0 saturated heterocycles. The SMILES string of the molecule is Cc1ccccc1C1CCCC(N)CC1. The maximum Gasteiger partial charge on any atom is 0.00390 e. The van der Waals surface area contributed by atoms with Crippen molar-refractivity contribution in [2.75, 3.05) is 0 Å². The second-order valence-corrected chi connectivity index (χ2v) is 4.82. The Balaban J connectivity index is 2.13. The number of benzene rings is 1. The van der Waals surface area contributed by atoms with Crippen LogP contribution >= 0.6 is 0 Å². The molecule has 2 N–H and O–H groups in total. The van der Waals surface area contributed by atoms with Crippen molar-refractivity contribution >= 4 is 0 Å². The van der Waals surface area contributed by atoms with Gasteiger partial charge in [-0.1, -0.05) is 30.7 Å². The van der Waals surface area contributed by atoms with Gasteiger partial charge in [0.05, 0.1) is 0 Å². The van der Waals surface area contributed by atoms with Crippen LogP contribution in [0.4, 0.5) is 0 Å². The van der Waals surface area contributed by atoms with E-state index in [2.05, 4.69) is 31.2 Å². The van der Waals surface area contributed by atoms with Crippen molar-refractivity contribution in [1.29, 1.82) is 0 Å². The van der Waals surface area contributed by atoms with Crippen molar-refractivity contribution in [3.8, 4) is 0 Å². The quantitative estimate of drug-likeness (QED) is 0.696. The van der Waals surface area contributed by atoms with Crippen molar-refractivity contribution in [2.24, 2.45) is 5.73 Å². The van der Waals surface area contributed by atoms with Gasteiger partial charge in [-0.2, -0.15) is 0 Å². The van der Waals surface area contributed by atoms with E-state index in [0.29, 0.717) is 6.04 Å². The van der Waals surface area contributed by atoms with Crippen LogP contribution in [0.1, 0.15) is 49.1 Å². The van der Waals surface area contributed by atoms with E-state index in [1.165, 1.54) is 37.7 Å². The average Bonchev–Trinajstić information content (AvgIpc) is 2.44. The monoisotopic (exact) mass is 203 g/mol. The summed E-state index contributed by atoms with van der Waals surface area (Å²) in [5, 5.41) is 0. The lowest BCUT2D eigenvalue weighted by molar-refractivity contribution is 0.567. The number of nitrogens with two attached hydrogens (primary N) is 1. The number of rotatable bonds is 1. The molecular formula is C14H21N. The first-order valence-corrected chi connectivity index (χ1v) is 6.08. The third-order valence-corrected chi connectivity index (χ3v) is 3.64. The Morgan fingerprint density at radius 3 is 2.67 bits per heavy atom. The Kier molecular flexibility index (Phi) is 3.42. The van der Waals surface area contributed by atoms with Crippen LogP contribution < -0.4 is 5.73 Å². The summed E-state index contributed by atoms with van der Waals surface area (Å²) in [6.07, 6.45) is 6.28. The summed E-state index contributed by atoms with van der Waals surface area (Å²) in [5.41, 5.74) is 9.00. The lowest BCUT2D eigenvalue weighted by Gasteiger charge is -2.16. The Morgan fingerprint density at radius 2 is 1.87 bits per heavy atom. The maximum atomic E-state index is 6.01. The van der Waals surface area contributed by atoms with Gasteiger partial charge in [0.15, 0.2) is 0 Å². The highest BCUT2D eigenvalue weighted by molar-refractivity contribution is 5.29. The van der Waals surface area contributed by atoms with Crippen LogP contribution in [-0.2, 0) is 0 Å². The van der Waals surface area contributed by atoms with Crippen LogP contribution in [0.2, 0.25) is 0 Å². The molecule has 2 unspecified atom stereocenters. The standard InChI is InChI=1S/C14H21N/c1-11-5-2-3-8-14(11)12-6-4-7-13(15)10-9-12/h2-3,5,8,12-13H,4,6-7,9-10,15H2,1H3. The smallest absolute Gasteiger partial charge is 0.00390 e. The second kappa shape index (κ2) is 4.80. The van der Waals surface area contributed by atoms with Crippen LogP contribution in [0, 0.1) is 6.92 Å². The van der Waals surface area contributed by atoms with Crippen molar-refractivity contribution in [3.63, 3.8) is 0 Å². The molecule has 1 aliphatic rings. The number of hydrogen-bond acceptors (Lipinski definition) is 1. The minimum atomic E-state index is 0.444. The molecule has 1 aromatic rings. The van der Waals surface area contributed by atoms with Crippen molar-refractivity contribution in [3.05, 3.63) is 35.4 Å². The molecule has 1 saturated carbocycles. The summed E-state index contributed by atoms with van der Waals surface area (Å²) in [5.74, 6) is 0.750. The molecule has 82 valence electrons. The van der Waals surface area contributed by atoms with Crippen molar-refractivity contribution in [2.45, 2.75) is 51.0 Å². The molecule has 0 heterocycles. The highest BCUT2D eigenvalue weighted by atomic mass is 14.6. The molecular weight excluding hydrogens is 182 g/mol. The van der Waals surface area contributed by atoms with E-state index >= 15 is 0 Å². The third kappa shape index (κ3) is 2.60. The molecule has 1 nitrogen and oxygen atoms in total. The van der Waals surface area contributed by atoms with Crippen LogP contribution in [0.5, 0.6) is 0 Å². The van der Waals surface area contributed by atoms with Gasteiger partial charge in [0, 0.05) is 6.04 Å². The Labute approximate surface area is 92.7 Å². The summed E-state index contributed by atoms with van der Waals surface area (Å²) in [7, 11) is 0. The minimum Gasteiger partial charge on any atom is -0.328 e. The first-order chi connectivity index (χ1) is 7.27. The summed E-state index contributed by atoms with van der Waals surface area (Å²) in [4.78, 5) is 0. The Morgan fingerprint density at radius 1 is 1.07 bits per heavy atom. The van der Waals surface area contributed by atoms with Crippen LogP contribution in [0.3, 0.4) is 0 Å². The molecule has 1 heteroatoms. The summed E-state index contributed by atoms with van der Waals surface area (Å²) in [6, 6.07) is 9.24. The Hall–Kier alpha value is -0.820. The van der Waals surface area contributed by atoms with Gasteiger partial charge in [0.1, 0.15) is 0 Å². The first-order valence-electron chi connectivity index (χ1n) is 6.08. The maximum absolute atomic E-state index is 6.01. The summed E-state index contributed by atoms with van der Waals surface area (Å²) < 4.78 is 0. The van der Waals surface area contributed by atoms with Gasteiger partial charge in [0.2, 0.25) is 0 Å². The highest BCUT2D eigenvalue weighted by Gasteiger charge is 2.18. The van der Waals surface area contributed by atoms with Gasteiger partial charge in [-0.05, 0) is 49.7 Å². The molecule has 0 aliphatic heterocycles. The lowest BCUT2D eigenvalue weighted by atomic mass is 9.89. The van der Waals surface area contributed by atoms with Crippen LogP contribution in [0.15, 0.2) is 24.3 Å². The molecule has 1 fully saturated rings. The van der Waals surface area contributed by atoms with Crippen LogP contribution in [0.25, 0.3) is 0 Å². The highest BCUT2D eigenvalue weighted by Crippen LogP contribution is 2.32. The minimum absolute atomic E-state index is 0.444. The fourth-order valence-electron chi connectivity index (χ4n) is 2.69. The van der Waals surface area contributed by atoms with E-state index in [9.17, 15) is 0 Å². The zero-order valence-corrected chi connectivity index (χ0v) is 9.58. The van der Waals surface area contributed by atoms with E-state index in [1.54, 1.807) is 5.56 Å².